The van der Waals surface area contributed by atoms with E-state index in [0.717, 1.165) is 29.8 Å². The zero-order chi connectivity index (χ0) is 17.4. The molecule has 1 aliphatic heterocycles. The SMILES string of the molecule is CC1CCN(C(=O)c2ccoc2)CC1N(C)c1ncnc2[nH]ccc12. The van der Waals surface area contributed by atoms with Gasteiger partial charge in [-0.3, -0.25) is 4.79 Å². The Labute approximate surface area is 145 Å². The Morgan fingerprint density at radius 2 is 2.28 bits per heavy atom. The van der Waals surface area contributed by atoms with Gasteiger partial charge in [0.1, 0.15) is 24.1 Å². The number of hydrogen-bond acceptors (Lipinski definition) is 5. The van der Waals surface area contributed by atoms with Crippen LogP contribution in [0, 0.1) is 5.92 Å². The standard InChI is InChI=1S/C18H21N5O2/c1-12-4-7-23(18(24)13-5-8-25-10-13)9-15(12)22(2)17-14-3-6-19-16(14)20-11-21-17/h3,5-6,8,10-12,15H,4,7,9H2,1-2H3,(H,19,20,21). The second kappa shape index (κ2) is 6.23. The van der Waals surface area contributed by atoms with Gasteiger partial charge >= 0.3 is 0 Å². The van der Waals surface area contributed by atoms with Gasteiger partial charge in [0, 0.05) is 26.3 Å². The molecule has 1 fully saturated rings. The number of furan rings is 1. The molecule has 0 aliphatic carbocycles. The van der Waals surface area contributed by atoms with Gasteiger partial charge in [-0.2, -0.15) is 0 Å². The molecule has 1 N–H and O–H groups in total. The van der Waals surface area contributed by atoms with E-state index in [4.69, 9.17) is 4.42 Å². The minimum atomic E-state index is 0.0218. The monoisotopic (exact) mass is 339 g/mol. The number of anilines is 1. The molecule has 0 radical (unpaired) electrons. The summed E-state index contributed by atoms with van der Waals surface area (Å²) in [4.78, 5) is 28.6. The number of rotatable bonds is 3. The maximum Gasteiger partial charge on any atom is 0.257 e. The molecule has 0 aromatic carbocycles. The summed E-state index contributed by atoms with van der Waals surface area (Å²) < 4.78 is 5.05. The lowest BCUT2D eigenvalue weighted by molar-refractivity contribution is 0.0669. The van der Waals surface area contributed by atoms with Gasteiger partial charge < -0.3 is 19.2 Å². The van der Waals surface area contributed by atoms with Crippen LogP contribution in [0.4, 0.5) is 5.82 Å². The molecule has 130 valence electrons. The molecule has 3 aromatic rings. The van der Waals surface area contributed by atoms with E-state index < -0.39 is 0 Å². The van der Waals surface area contributed by atoms with Crippen LogP contribution in [0.2, 0.25) is 0 Å². The van der Waals surface area contributed by atoms with E-state index in [2.05, 4.69) is 26.8 Å². The van der Waals surface area contributed by atoms with E-state index in [1.165, 1.54) is 12.5 Å². The van der Waals surface area contributed by atoms with Gasteiger partial charge in [0.15, 0.2) is 0 Å². The average Bonchev–Trinajstić information content (AvgIpc) is 3.32. The molecular formula is C18H21N5O2. The van der Waals surface area contributed by atoms with Gasteiger partial charge in [-0.25, -0.2) is 9.97 Å². The summed E-state index contributed by atoms with van der Waals surface area (Å²) in [5.74, 6) is 1.37. The van der Waals surface area contributed by atoms with Gasteiger partial charge in [-0.1, -0.05) is 6.92 Å². The number of likely N-dealkylation sites (tertiary alicyclic amines) is 1. The van der Waals surface area contributed by atoms with Crippen molar-refractivity contribution in [2.45, 2.75) is 19.4 Å². The first-order chi connectivity index (χ1) is 12.1. The number of aromatic amines is 1. The van der Waals surface area contributed by atoms with Crippen molar-refractivity contribution in [3.63, 3.8) is 0 Å². The predicted octanol–water partition coefficient (Wildman–Crippen LogP) is 2.54. The Balaban J connectivity index is 1.59. The van der Waals surface area contributed by atoms with E-state index in [0.29, 0.717) is 18.0 Å². The van der Waals surface area contributed by atoms with Crippen molar-refractivity contribution in [3.8, 4) is 0 Å². The molecule has 7 heteroatoms. The van der Waals surface area contributed by atoms with Gasteiger partial charge in [0.05, 0.1) is 23.3 Å². The summed E-state index contributed by atoms with van der Waals surface area (Å²) >= 11 is 0. The maximum atomic E-state index is 12.7. The van der Waals surface area contributed by atoms with Crippen LogP contribution < -0.4 is 4.90 Å². The topological polar surface area (TPSA) is 78.3 Å². The Morgan fingerprint density at radius 3 is 3.08 bits per heavy atom. The third-order valence-corrected chi connectivity index (χ3v) is 5.14. The van der Waals surface area contributed by atoms with Gasteiger partial charge in [0.25, 0.3) is 5.91 Å². The third kappa shape index (κ3) is 2.75. The number of nitrogens with one attached hydrogen (secondary N) is 1. The Bertz CT molecular complexity index is 873. The number of fused-ring (bicyclic) bond motifs is 1. The van der Waals surface area contributed by atoms with Gasteiger partial charge in [0.2, 0.25) is 0 Å². The molecular weight excluding hydrogens is 318 g/mol. The second-order valence-corrected chi connectivity index (χ2v) is 6.64. The third-order valence-electron chi connectivity index (χ3n) is 5.14. The highest BCUT2D eigenvalue weighted by Crippen LogP contribution is 2.29. The fourth-order valence-corrected chi connectivity index (χ4v) is 3.60. The molecule has 1 saturated heterocycles. The Kier molecular flexibility index (Phi) is 3.91. The van der Waals surface area contributed by atoms with Crippen molar-refractivity contribution in [2.75, 3.05) is 25.0 Å². The maximum absolute atomic E-state index is 12.7. The van der Waals surface area contributed by atoms with Gasteiger partial charge in [-0.15, -0.1) is 0 Å². The molecule has 1 aliphatic rings. The number of aromatic nitrogens is 3. The first kappa shape index (κ1) is 15.7. The summed E-state index contributed by atoms with van der Waals surface area (Å²) in [5, 5.41) is 0.996. The predicted molar refractivity (Wildman–Crippen MR) is 94.5 cm³/mol. The number of nitrogens with zero attached hydrogens (tertiary/aromatic N) is 4. The molecule has 2 unspecified atom stereocenters. The summed E-state index contributed by atoms with van der Waals surface area (Å²) in [5.41, 5.74) is 1.43. The smallest absolute Gasteiger partial charge is 0.257 e. The van der Waals surface area contributed by atoms with Crippen molar-refractivity contribution >= 4 is 22.8 Å². The minimum Gasteiger partial charge on any atom is -0.472 e. The van der Waals surface area contributed by atoms with Crippen molar-refractivity contribution in [1.29, 1.82) is 0 Å². The minimum absolute atomic E-state index is 0.0218. The van der Waals surface area contributed by atoms with Crippen LogP contribution in [-0.4, -0.2) is 51.9 Å². The zero-order valence-electron chi connectivity index (χ0n) is 14.3. The number of H-pyrrole nitrogens is 1. The van der Waals surface area contributed by atoms with E-state index in [1.807, 2.05) is 24.2 Å². The van der Waals surface area contributed by atoms with Crippen molar-refractivity contribution in [3.05, 3.63) is 42.7 Å². The van der Waals surface area contributed by atoms with E-state index in [1.54, 1.807) is 12.4 Å². The summed E-state index contributed by atoms with van der Waals surface area (Å²) in [7, 11) is 2.04. The number of carbonyl (C=O) groups excluding carboxylic acids is 1. The number of amides is 1. The highest BCUT2D eigenvalue weighted by atomic mass is 16.3. The lowest BCUT2D eigenvalue weighted by Gasteiger charge is -2.42. The fourth-order valence-electron chi connectivity index (χ4n) is 3.60. The fraction of sp³-hybridized carbons (Fsp3) is 0.389. The number of likely N-dealkylation sites (N-methyl/N-ethyl adjacent to an activating group) is 1. The highest BCUT2D eigenvalue weighted by Gasteiger charge is 2.33. The second-order valence-electron chi connectivity index (χ2n) is 6.64. The quantitative estimate of drug-likeness (QED) is 0.793. The average molecular weight is 339 g/mol. The van der Waals surface area contributed by atoms with Crippen LogP contribution in [0.25, 0.3) is 11.0 Å². The Morgan fingerprint density at radius 1 is 1.40 bits per heavy atom. The van der Waals surface area contributed by atoms with E-state index in [9.17, 15) is 4.79 Å². The first-order valence-electron chi connectivity index (χ1n) is 8.47. The summed E-state index contributed by atoms with van der Waals surface area (Å²) in [6, 6.07) is 3.90. The van der Waals surface area contributed by atoms with E-state index in [-0.39, 0.29) is 11.9 Å². The number of piperidine rings is 1. The number of carbonyl (C=O) groups is 1. The molecule has 4 rings (SSSR count). The molecule has 3 aromatic heterocycles. The van der Waals surface area contributed by atoms with Crippen molar-refractivity contribution in [1.82, 2.24) is 19.9 Å². The summed E-state index contributed by atoms with van der Waals surface area (Å²) in [6.07, 6.45) is 7.45. The summed E-state index contributed by atoms with van der Waals surface area (Å²) in [6.45, 7) is 3.66. The molecule has 25 heavy (non-hydrogen) atoms. The highest BCUT2D eigenvalue weighted by molar-refractivity contribution is 5.94. The van der Waals surface area contributed by atoms with Crippen LogP contribution >= 0.6 is 0 Å². The Hall–Kier alpha value is -2.83. The number of hydrogen-bond donors (Lipinski definition) is 1. The molecule has 2 atom stereocenters. The van der Waals surface area contributed by atoms with Crippen LogP contribution in [0.3, 0.4) is 0 Å². The molecule has 1 amide bonds. The largest absolute Gasteiger partial charge is 0.472 e. The van der Waals surface area contributed by atoms with Gasteiger partial charge in [-0.05, 0) is 24.5 Å². The first-order valence-corrected chi connectivity index (χ1v) is 8.47. The molecule has 0 saturated carbocycles. The van der Waals surface area contributed by atoms with Crippen LogP contribution in [0.15, 0.2) is 41.6 Å². The molecule has 7 nitrogen and oxygen atoms in total. The molecule has 0 spiro atoms. The molecule has 0 bridgehead atoms. The van der Waals surface area contributed by atoms with E-state index >= 15 is 0 Å². The lowest BCUT2D eigenvalue weighted by Crippen LogP contribution is -2.52. The lowest BCUT2D eigenvalue weighted by atomic mass is 9.92. The van der Waals surface area contributed by atoms with Crippen molar-refractivity contribution in [2.24, 2.45) is 5.92 Å². The zero-order valence-corrected chi connectivity index (χ0v) is 14.3. The van der Waals surface area contributed by atoms with Crippen LogP contribution in [0.5, 0.6) is 0 Å². The van der Waals surface area contributed by atoms with Crippen LogP contribution in [-0.2, 0) is 0 Å². The normalized spacial score (nSPS) is 20.8. The van der Waals surface area contributed by atoms with Crippen molar-refractivity contribution < 1.29 is 9.21 Å². The van der Waals surface area contributed by atoms with Crippen LogP contribution in [0.1, 0.15) is 23.7 Å². The molecule has 4 heterocycles.